The van der Waals surface area contributed by atoms with Crippen LogP contribution < -0.4 is 0 Å². The van der Waals surface area contributed by atoms with Crippen LogP contribution in [0.1, 0.15) is 12.8 Å². The minimum absolute atomic E-state index is 0. The first kappa shape index (κ1) is 72.5. The van der Waals surface area contributed by atoms with E-state index < -0.39 is 34.7 Å². The van der Waals surface area contributed by atoms with E-state index in [2.05, 4.69) is 24.3 Å². The number of ketones is 6. The molecular formula is C26H22Cr2FeO16. The number of hydrogen-bond acceptors (Lipinski definition) is 16. The number of hydrogen-bond donors (Lipinski definition) is 0. The molecule has 2 aliphatic rings. The Kier molecular flexibility index (Phi) is 125. The van der Waals surface area contributed by atoms with Crippen LogP contribution in [0.4, 0.5) is 0 Å². The topological polar surface area (TPSA) is 273 Å². The molecule has 45 heavy (non-hydrogen) atoms. The Balaban J connectivity index is -0.0000000341. The van der Waals surface area contributed by atoms with Crippen molar-refractivity contribution in [2.75, 3.05) is 0 Å². The molecule has 0 heterocycles. The van der Waals surface area contributed by atoms with Crippen LogP contribution in [-0.2, 0) is 129 Å². The third-order valence-electron chi connectivity index (χ3n) is 2.37. The summed E-state index contributed by atoms with van der Waals surface area (Å²) in [6.07, 6.45) is 22.6. The Bertz CT molecular complexity index is 811. The summed E-state index contributed by atoms with van der Waals surface area (Å²) in [4.78, 5) is 145. The molecule has 0 bridgehead atoms. The van der Waals surface area contributed by atoms with Gasteiger partial charge in [0.25, 0.3) is 0 Å². The zero-order chi connectivity index (χ0) is 35.4. The Morgan fingerprint density at radius 2 is 0.622 bits per heavy atom. The zero-order valence-electron chi connectivity index (χ0n) is 22.8. The molecule has 0 spiro atoms. The van der Waals surface area contributed by atoms with Crippen molar-refractivity contribution in [1.29, 1.82) is 0 Å². The summed E-state index contributed by atoms with van der Waals surface area (Å²) >= 11 is 0. The summed E-state index contributed by atoms with van der Waals surface area (Å²) in [5.41, 5.74) is 0. The third kappa shape index (κ3) is 63.7. The molecule has 0 aromatic carbocycles. The summed E-state index contributed by atoms with van der Waals surface area (Å²) in [6, 6.07) is 0. The first-order chi connectivity index (χ1) is 20.3. The Morgan fingerprint density at radius 1 is 0.444 bits per heavy atom. The fourth-order valence-electron chi connectivity index (χ4n) is 1.07. The molecule has 0 aliphatic heterocycles. The molecule has 0 aromatic heterocycles. The van der Waals surface area contributed by atoms with Crippen LogP contribution in [0, 0.1) is 12.2 Å². The monoisotopic (exact) mass is 750 g/mol. The average molecular weight is 750 g/mol. The van der Waals surface area contributed by atoms with E-state index in [0.29, 0.717) is 25.1 Å². The number of allylic oxidation sites excluding steroid dienone is 8. The number of rotatable bonds is 8. The summed E-state index contributed by atoms with van der Waals surface area (Å²) < 4.78 is 0. The van der Waals surface area contributed by atoms with Crippen LogP contribution in [0.5, 0.6) is 0 Å². The molecule has 0 aromatic rings. The van der Waals surface area contributed by atoms with E-state index in [1.807, 2.05) is 65.0 Å². The number of Topliss-reactive ketones (excluding diaryl/α,β-unsaturated/α-hetero) is 6. The summed E-state index contributed by atoms with van der Waals surface area (Å²) in [7, 11) is 0. The van der Waals surface area contributed by atoms with Crippen molar-refractivity contribution in [3.63, 3.8) is 0 Å². The van der Waals surface area contributed by atoms with Crippen LogP contribution in [0.3, 0.4) is 0 Å². The summed E-state index contributed by atoms with van der Waals surface area (Å²) in [5.74, 6) is -10.0. The first-order valence-electron chi connectivity index (χ1n) is 9.21. The maximum atomic E-state index is 10.1. The normalized spacial score (nSPS) is 8.00. The first-order valence-corrected chi connectivity index (χ1v) is 9.21. The molecule has 0 saturated carbocycles. The van der Waals surface area contributed by atoms with Gasteiger partial charge in [0, 0.05) is 25.1 Å². The van der Waals surface area contributed by atoms with Gasteiger partial charge in [0.2, 0.25) is 0 Å². The standard InChI is InChI=1S/2C5O5.2C5H5.6CH2O.2Cr.Fe/c2*6-1-3(8)5(10)4(9)2-7;2*1-2-4-5-3-1;6*1-2;;;/h;;2*1-3H,4H2;6*1H2;;;/q2*-2;2*-1;;;;;;;3*+2. The van der Waals surface area contributed by atoms with E-state index in [1.54, 1.807) is 0 Å². The van der Waals surface area contributed by atoms with Crippen molar-refractivity contribution in [1.82, 2.24) is 0 Å². The fourth-order valence-corrected chi connectivity index (χ4v) is 1.07. The number of carbonyl (C=O) groups excluding carboxylic acids is 16. The van der Waals surface area contributed by atoms with Gasteiger partial charge in [-0.25, -0.2) is 24.3 Å². The minimum Gasteiger partial charge on any atom is -0.415 e. The van der Waals surface area contributed by atoms with Gasteiger partial charge in [0.05, 0.1) is 23.1 Å². The van der Waals surface area contributed by atoms with E-state index in [1.165, 1.54) is 0 Å². The van der Waals surface area contributed by atoms with Gasteiger partial charge >= 0.3 is 51.8 Å². The number of carbonyl (C=O) groups is 12. The van der Waals surface area contributed by atoms with Crippen LogP contribution in [-0.4, -0.2) is 101 Å². The van der Waals surface area contributed by atoms with Crippen molar-refractivity contribution in [2.24, 2.45) is 0 Å². The van der Waals surface area contributed by atoms with E-state index >= 15 is 0 Å². The Hall–Kier alpha value is -4.74. The van der Waals surface area contributed by atoms with Gasteiger partial charge in [-0.2, -0.15) is 12.2 Å². The van der Waals surface area contributed by atoms with E-state index in [4.69, 9.17) is 28.8 Å². The Labute approximate surface area is 289 Å². The molecule has 0 fully saturated rings. The van der Waals surface area contributed by atoms with Crippen LogP contribution in [0.25, 0.3) is 0 Å². The second-order valence-electron chi connectivity index (χ2n) is 4.39. The van der Waals surface area contributed by atoms with Crippen LogP contribution in [0.15, 0.2) is 36.5 Å². The van der Waals surface area contributed by atoms with Gasteiger partial charge in [-0.05, 0) is 0 Å². The molecule has 0 amide bonds. The molecule has 0 radical (unpaired) electrons. The van der Waals surface area contributed by atoms with Gasteiger partial charge in [-0.15, -0.1) is 12.8 Å². The molecule has 0 unspecified atom stereocenters. The largest absolute Gasteiger partial charge is 2.00 e. The molecule has 242 valence electrons. The van der Waals surface area contributed by atoms with Crippen molar-refractivity contribution in [2.45, 2.75) is 12.8 Å². The molecule has 0 saturated heterocycles. The molecule has 2 rings (SSSR count). The molecule has 16 nitrogen and oxygen atoms in total. The predicted octanol–water partition coefficient (Wildman–Crippen LogP) is -2.68. The quantitative estimate of drug-likeness (QED) is 0.106. The SMILES string of the molecule is C=O.C=O.C=O.C=O.C=O.C=O.O=[C-]C(=O)C(=O)C(=O)[C-]=O.O=[C-]C(=O)C(=O)C(=O)[C-]=O.[C-]1=CC=CC1.[C-]1=CC=CC1.[Cr+2].[Cr+2].[Fe+2]. The van der Waals surface area contributed by atoms with Gasteiger partial charge in [0.1, 0.15) is 52.3 Å². The zero-order valence-corrected chi connectivity index (χ0v) is 26.5. The third-order valence-corrected chi connectivity index (χ3v) is 2.37. The summed E-state index contributed by atoms with van der Waals surface area (Å²) in [6.45, 7) is 12.0. The van der Waals surface area contributed by atoms with Gasteiger partial charge in [-0.3, -0.25) is 12.2 Å². The molecule has 19 heteroatoms. The van der Waals surface area contributed by atoms with Gasteiger partial charge < -0.3 is 76.7 Å². The Morgan fingerprint density at radius 3 is 0.689 bits per heavy atom. The molecule has 2 aliphatic carbocycles. The van der Waals surface area contributed by atoms with Crippen LogP contribution >= 0.6 is 0 Å². The maximum absolute atomic E-state index is 10.1. The van der Waals surface area contributed by atoms with Crippen molar-refractivity contribution >= 4 is 101 Å². The second kappa shape index (κ2) is 77.3. The van der Waals surface area contributed by atoms with E-state index in [9.17, 15) is 47.9 Å². The van der Waals surface area contributed by atoms with Gasteiger partial charge in [0.15, 0.2) is 0 Å². The van der Waals surface area contributed by atoms with E-state index in [-0.39, 0.29) is 51.8 Å². The second-order valence-corrected chi connectivity index (χ2v) is 4.39. The van der Waals surface area contributed by atoms with E-state index in [0.717, 1.165) is 12.8 Å². The van der Waals surface area contributed by atoms with Crippen molar-refractivity contribution in [3.05, 3.63) is 48.6 Å². The molecule has 0 N–H and O–H groups in total. The molecular weight excluding hydrogens is 728 g/mol. The minimum atomic E-state index is -1.70. The predicted molar refractivity (Wildman–Crippen MR) is 139 cm³/mol. The fraction of sp³-hybridized carbons (Fsp3) is 0.0769. The van der Waals surface area contributed by atoms with Crippen LogP contribution in [0.2, 0.25) is 0 Å². The average Bonchev–Trinajstić information content (AvgIpc) is 3.89. The van der Waals surface area contributed by atoms with Crippen molar-refractivity contribution < 1.29 is 129 Å². The van der Waals surface area contributed by atoms with Crippen molar-refractivity contribution in [3.8, 4) is 0 Å². The molecule has 0 atom stereocenters. The summed E-state index contributed by atoms with van der Waals surface area (Å²) in [5, 5.41) is 0. The van der Waals surface area contributed by atoms with Gasteiger partial charge in [-0.1, -0.05) is 0 Å². The maximum Gasteiger partial charge on any atom is 2.00 e. The smallest absolute Gasteiger partial charge is 0.415 e.